The number of hydrogen-bond acceptors (Lipinski definition) is 8. The SMILES string of the molecule is Nc1nc2c(c(=O)[nH]1)N(n1cnc3cncnc31)C=[N+]2. The van der Waals surface area contributed by atoms with Gasteiger partial charge in [-0.1, -0.05) is 9.98 Å². The zero-order valence-corrected chi connectivity index (χ0v) is 9.93. The molecule has 0 fully saturated rings. The normalized spacial score (nSPS) is 13.1. The number of aromatic nitrogens is 6. The molecule has 3 aromatic heterocycles. The number of nitrogens with two attached hydrogens (primary N) is 1. The molecule has 97 valence electrons. The first kappa shape index (κ1) is 10.6. The Morgan fingerprint density at radius 3 is 3.15 bits per heavy atom. The number of nitrogens with one attached hydrogen (secondary N) is 1. The number of H-pyrrole nitrogens is 1. The maximum Gasteiger partial charge on any atom is 0.347 e. The van der Waals surface area contributed by atoms with E-state index < -0.39 is 0 Å². The van der Waals surface area contributed by atoms with Gasteiger partial charge >= 0.3 is 11.4 Å². The third-order valence-electron chi connectivity index (χ3n) is 2.84. The number of aromatic amines is 1. The van der Waals surface area contributed by atoms with Gasteiger partial charge in [-0.3, -0.25) is 9.78 Å². The van der Waals surface area contributed by atoms with Crippen molar-refractivity contribution in [3.8, 4) is 0 Å². The molecule has 1 aliphatic heterocycles. The molecule has 0 spiro atoms. The monoisotopic (exact) mass is 269 g/mol. The molecular formula is C10H7N9O+. The van der Waals surface area contributed by atoms with Crippen molar-refractivity contribution in [2.45, 2.75) is 0 Å². The smallest absolute Gasteiger partial charge is 0.347 e. The van der Waals surface area contributed by atoms with Crippen molar-refractivity contribution in [3.05, 3.63) is 29.2 Å². The molecule has 3 N–H and O–H groups in total. The summed E-state index contributed by atoms with van der Waals surface area (Å²) in [5, 5.41) is 1.50. The second kappa shape index (κ2) is 3.60. The first-order valence-electron chi connectivity index (χ1n) is 5.60. The molecule has 0 bridgehead atoms. The van der Waals surface area contributed by atoms with E-state index in [4.69, 9.17) is 5.73 Å². The highest BCUT2D eigenvalue weighted by Crippen LogP contribution is 2.23. The van der Waals surface area contributed by atoms with E-state index in [-0.39, 0.29) is 23.0 Å². The first-order chi connectivity index (χ1) is 9.74. The summed E-state index contributed by atoms with van der Waals surface area (Å²) in [6, 6.07) is 0. The fraction of sp³-hybridized carbons (Fsp3) is 0. The highest BCUT2D eigenvalue weighted by molar-refractivity contribution is 5.91. The summed E-state index contributed by atoms with van der Waals surface area (Å²) in [4.78, 5) is 34.7. The van der Waals surface area contributed by atoms with Crippen LogP contribution in [0.5, 0.6) is 0 Å². The molecule has 4 heterocycles. The molecule has 3 aromatic rings. The van der Waals surface area contributed by atoms with Crippen LogP contribution in [0.25, 0.3) is 11.2 Å². The predicted molar refractivity (Wildman–Crippen MR) is 70.3 cm³/mol. The van der Waals surface area contributed by atoms with Crippen molar-refractivity contribution in [2.24, 2.45) is 0 Å². The van der Waals surface area contributed by atoms with Crippen molar-refractivity contribution >= 4 is 35.0 Å². The van der Waals surface area contributed by atoms with Crippen LogP contribution in [0, 0.1) is 0 Å². The molecule has 0 unspecified atom stereocenters. The van der Waals surface area contributed by atoms with Gasteiger partial charge in [-0.25, -0.2) is 15.0 Å². The fourth-order valence-corrected chi connectivity index (χ4v) is 2.01. The molecule has 1 radical (unpaired) electrons. The van der Waals surface area contributed by atoms with Gasteiger partial charge in [-0.05, 0) is 0 Å². The summed E-state index contributed by atoms with van der Waals surface area (Å²) in [7, 11) is 0. The average molecular weight is 269 g/mol. The van der Waals surface area contributed by atoms with Gasteiger partial charge in [0.1, 0.15) is 18.2 Å². The molecule has 4 rings (SSSR count). The Hall–Kier alpha value is -3.30. The molecule has 0 atom stereocenters. The summed E-state index contributed by atoms with van der Waals surface area (Å²) in [5.41, 5.74) is 6.52. The molecule has 0 saturated carbocycles. The first-order valence-corrected chi connectivity index (χ1v) is 5.60. The largest absolute Gasteiger partial charge is 0.355 e. The van der Waals surface area contributed by atoms with Crippen molar-refractivity contribution in [1.29, 1.82) is 0 Å². The van der Waals surface area contributed by atoms with Gasteiger partial charge in [0.2, 0.25) is 0 Å². The van der Waals surface area contributed by atoms with Gasteiger partial charge in [-0.15, -0.1) is 5.01 Å². The molecule has 0 saturated heterocycles. The Balaban J connectivity index is 1.96. The molecule has 0 aromatic carbocycles. The summed E-state index contributed by atoms with van der Waals surface area (Å²) in [6.45, 7) is 0. The minimum Gasteiger partial charge on any atom is -0.355 e. The number of hydrogen-bond donors (Lipinski definition) is 2. The van der Waals surface area contributed by atoms with E-state index in [1.54, 1.807) is 10.9 Å². The quantitative estimate of drug-likeness (QED) is 0.565. The van der Waals surface area contributed by atoms with E-state index in [2.05, 4.69) is 29.9 Å². The Morgan fingerprint density at radius 2 is 2.25 bits per heavy atom. The lowest BCUT2D eigenvalue weighted by atomic mass is 10.5. The predicted octanol–water partition coefficient (Wildman–Crippen LogP) is -1.23. The van der Waals surface area contributed by atoms with Crippen molar-refractivity contribution in [3.63, 3.8) is 0 Å². The lowest BCUT2D eigenvalue weighted by molar-refractivity contribution is 0.862. The number of imidazole rings is 1. The van der Waals surface area contributed by atoms with Crippen molar-refractivity contribution < 1.29 is 0 Å². The molecule has 0 aliphatic carbocycles. The zero-order valence-electron chi connectivity index (χ0n) is 9.93. The van der Waals surface area contributed by atoms with Crippen molar-refractivity contribution in [2.75, 3.05) is 10.7 Å². The number of anilines is 2. The Labute approximate surface area is 110 Å². The van der Waals surface area contributed by atoms with Gasteiger partial charge in [0.05, 0.1) is 6.20 Å². The minimum atomic E-state index is -0.388. The third kappa shape index (κ3) is 1.32. The second-order valence-electron chi connectivity index (χ2n) is 4.03. The number of aliphatic imine (C=N–C) groups is 1. The van der Waals surface area contributed by atoms with Crippen LogP contribution < -0.4 is 21.3 Å². The number of fused-ring (bicyclic) bond motifs is 2. The van der Waals surface area contributed by atoms with Crippen LogP contribution in [0.2, 0.25) is 0 Å². The standard InChI is InChI=1S/C10H7N9O/c11-10-16-7-6(9(20)17-10)18(4-15-7)19-3-14-5-1-12-2-13-8(5)19/h1-4H,(H3,11,16,17,20)/q+1. The molecule has 0 amide bonds. The van der Waals surface area contributed by atoms with Gasteiger partial charge < -0.3 is 5.73 Å². The lowest BCUT2D eigenvalue weighted by Gasteiger charge is -2.08. The van der Waals surface area contributed by atoms with E-state index >= 15 is 0 Å². The van der Waals surface area contributed by atoms with Crippen molar-refractivity contribution in [1.82, 2.24) is 34.6 Å². The van der Waals surface area contributed by atoms with Crippen LogP contribution in [-0.4, -0.2) is 35.9 Å². The Kier molecular flexibility index (Phi) is 1.91. The summed E-state index contributed by atoms with van der Waals surface area (Å²) < 4.78 is 1.58. The Morgan fingerprint density at radius 1 is 1.35 bits per heavy atom. The third-order valence-corrected chi connectivity index (χ3v) is 2.84. The highest BCUT2D eigenvalue weighted by Gasteiger charge is 2.33. The zero-order chi connectivity index (χ0) is 13.7. The van der Waals surface area contributed by atoms with E-state index in [0.29, 0.717) is 11.2 Å². The topological polar surface area (TPSA) is 133 Å². The van der Waals surface area contributed by atoms with E-state index in [1.807, 2.05) is 0 Å². The minimum absolute atomic E-state index is 0.0190. The maximum atomic E-state index is 12.0. The molecule has 20 heavy (non-hydrogen) atoms. The summed E-state index contributed by atoms with van der Waals surface area (Å²) in [5.74, 6) is 0.271. The molecule has 10 nitrogen and oxygen atoms in total. The van der Waals surface area contributed by atoms with Crippen LogP contribution in [0.15, 0.2) is 23.6 Å². The second-order valence-corrected chi connectivity index (χ2v) is 4.03. The van der Waals surface area contributed by atoms with Crippen LogP contribution in [0.3, 0.4) is 0 Å². The number of nitrogen functional groups attached to an aromatic ring is 1. The van der Waals surface area contributed by atoms with Crippen LogP contribution >= 0.6 is 0 Å². The van der Waals surface area contributed by atoms with E-state index in [1.165, 1.54) is 24.0 Å². The fourth-order valence-electron chi connectivity index (χ4n) is 2.01. The average Bonchev–Trinajstić information content (AvgIpc) is 3.01. The molecule has 10 heteroatoms. The van der Waals surface area contributed by atoms with Crippen LogP contribution in [0.1, 0.15) is 0 Å². The van der Waals surface area contributed by atoms with Gasteiger partial charge in [0.25, 0.3) is 18.0 Å². The number of rotatable bonds is 1. The summed E-state index contributed by atoms with van der Waals surface area (Å²) >= 11 is 0. The lowest BCUT2D eigenvalue weighted by Crippen LogP contribution is -2.30. The molecule has 1 aliphatic rings. The van der Waals surface area contributed by atoms with E-state index in [9.17, 15) is 4.79 Å². The van der Waals surface area contributed by atoms with Crippen LogP contribution in [-0.2, 0) is 0 Å². The van der Waals surface area contributed by atoms with Gasteiger partial charge in [-0.2, -0.15) is 4.68 Å². The molecular weight excluding hydrogens is 262 g/mol. The van der Waals surface area contributed by atoms with E-state index in [0.717, 1.165) is 0 Å². The maximum absolute atomic E-state index is 12.0. The van der Waals surface area contributed by atoms with Crippen LogP contribution in [0.4, 0.5) is 17.5 Å². The van der Waals surface area contributed by atoms with Gasteiger partial charge in [0.15, 0.2) is 5.65 Å². The number of nitrogens with zero attached hydrogens (tertiary/aromatic N) is 7. The highest BCUT2D eigenvalue weighted by atomic mass is 16.1. The van der Waals surface area contributed by atoms with Gasteiger partial charge in [0, 0.05) is 0 Å². The summed E-state index contributed by atoms with van der Waals surface area (Å²) in [6.07, 6.45) is 5.96. The Bertz CT molecular complexity index is 908.